The number of amides is 4. The molecule has 2 aliphatic heterocycles. The van der Waals surface area contributed by atoms with Crippen LogP contribution in [-0.2, 0) is 19.2 Å². The van der Waals surface area contributed by atoms with Crippen molar-refractivity contribution in [2.24, 2.45) is 0 Å². The molecule has 0 aromatic rings. The molecule has 4 amide bonds. The van der Waals surface area contributed by atoms with E-state index in [1.807, 2.05) is 14.1 Å². The van der Waals surface area contributed by atoms with Crippen LogP contribution >= 0.6 is 0 Å². The summed E-state index contributed by atoms with van der Waals surface area (Å²) in [5.41, 5.74) is 0. The van der Waals surface area contributed by atoms with Gasteiger partial charge in [-0.1, -0.05) is 0 Å². The first-order valence-electron chi connectivity index (χ1n) is 9.73. The highest BCUT2D eigenvalue weighted by molar-refractivity contribution is 6.01. The molecule has 2 aliphatic rings. The molecule has 0 aromatic carbocycles. The molecular formula is C18H31N5O5. The normalized spacial score (nSPS) is 26.4. The van der Waals surface area contributed by atoms with Crippen LogP contribution in [0.25, 0.3) is 0 Å². The summed E-state index contributed by atoms with van der Waals surface area (Å²) in [5.74, 6) is -1.01. The maximum Gasteiger partial charge on any atom is 0.432 e. The first-order valence-corrected chi connectivity index (χ1v) is 9.73. The summed E-state index contributed by atoms with van der Waals surface area (Å²) in [4.78, 5) is 55.9. The third kappa shape index (κ3) is 5.41. The minimum atomic E-state index is -0.831. The molecular weight excluding hydrogens is 376 g/mol. The first-order chi connectivity index (χ1) is 13.2. The smallest absolute Gasteiger partial charge is 0.355 e. The zero-order valence-electron chi connectivity index (χ0n) is 17.1. The standard InChI is InChI=1S/C18H31N5O5/c1-12-11-21(3)16(13(2)22(12)4)17(26)19-9-5-6-10-20-18(27)28-23-14(24)7-8-15(23)25/h12-13,16H,5-11H2,1-4H3,(H,19,26)(H,20,27)/i1+1,2+1,3+1,4+1,11+1,12+1,13+1,16+1,18+1,22+1. The van der Waals surface area contributed by atoms with Crippen LogP contribution in [0.15, 0.2) is 0 Å². The van der Waals surface area contributed by atoms with Gasteiger partial charge in [0, 0.05) is 44.6 Å². The predicted octanol–water partition coefficient (Wildman–Crippen LogP) is -0.304. The summed E-state index contributed by atoms with van der Waals surface area (Å²) in [6.07, 6.45) is 0.613. The second kappa shape index (κ2) is 9.83. The van der Waals surface area contributed by atoms with Crippen LogP contribution in [0, 0.1) is 0 Å². The molecule has 28 heavy (non-hydrogen) atoms. The van der Waals surface area contributed by atoms with E-state index < -0.39 is 17.9 Å². The molecule has 0 aromatic heterocycles. The maximum atomic E-state index is 12.5. The molecule has 0 saturated carbocycles. The second-order valence-corrected chi connectivity index (χ2v) is 7.53. The third-order valence-electron chi connectivity index (χ3n) is 5.44. The first kappa shape index (κ1) is 22.1. The summed E-state index contributed by atoms with van der Waals surface area (Å²) in [6, 6.07) is 0.340. The quantitative estimate of drug-likeness (QED) is 0.258. The maximum absolute atomic E-state index is 12.5. The molecule has 0 bridgehead atoms. The second-order valence-electron chi connectivity index (χ2n) is 7.53. The van der Waals surface area contributed by atoms with Gasteiger partial charge in [0.25, 0.3) is 11.8 Å². The Balaban J connectivity index is 1.61. The molecule has 2 saturated heterocycles. The number of carbonyl (C=O) groups is 4. The van der Waals surface area contributed by atoms with Crippen molar-refractivity contribution in [3.63, 3.8) is 0 Å². The van der Waals surface area contributed by atoms with Crippen molar-refractivity contribution in [2.75, 3.05) is 33.7 Å². The number of imide groups is 1. The third-order valence-corrected chi connectivity index (χ3v) is 5.44. The Morgan fingerprint density at radius 3 is 2.21 bits per heavy atom. The van der Waals surface area contributed by atoms with Gasteiger partial charge in [0.1, 0.15) is 6.04 Å². The fourth-order valence-corrected chi connectivity index (χ4v) is 3.60. The van der Waals surface area contributed by atoms with Crippen molar-refractivity contribution in [3.05, 3.63) is 0 Å². The summed E-state index contributed by atoms with van der Waals surface area (Å²) in [5, 5.41) is 5.96. The van der Waals surface area contributed by atoms with Crippen molar-refractivity contribution in [1.29, 1.82) is 0 Å². The number of likely N-dealkylation sites (N-methyl/N-ethyl adjacent to an activating group) is 2. The van der Waals surface area contributed by atoms with Crippen LogP contribution in [0.5, 0.6) is 0 Å². The van der Waals surface area contributed by atoms with Gasteiger partial charge in [0.15, 0.2) is 0 Å². The molecule has 3 unspecified atom stereocenters. The number of piperazine rings is 1. The highest BCUT2D eigenvalue weighted by atomic mass is 16.8. The van der Waals surface area contributed by atoms with Crippen LogP contribution in [0.4, 0.5) is 4.79 Å². The van der Waals surface area contributed by atoms with E-state index in [1.54, 1.807) is 0 Å². The van der Waals surface area contributed by atoms with E-state index in [1.165, 1.54) is 0 Å². The number of rotatable bonds is 7. The number of nitrogens with one attached hydrogen (secondary N) is 2. The van der Waals surface area contributed by atoms with Gasteiger partial charge < -0.3 is 15.5 Å². The van der Waals surface area contributed by atoms with Crippen molar-refractivity contribution < 1.29 is 24.0 Å². The number of unbranched alkanes of at least 4 members (excludes halogenated alkanes) is 1. The highest BCUT2D eigenvalue weighted by Gasteiger charge is 2.38. The summed E-state index contributed by atoms with van der Waals surface area (Å²) >= 11 is 0. The Kier molecular flexibility index (Phi) is 7.76. The predicted molar refractivity (Wildman–Crippen MR) is 101 cm³/mol. The fourth-order valence-electron chi connectivity index (χ4n) is 3.60. The Hall–Kier alpha value is -2.20. The summed E-state index contributed by atoms with van der Waals surface area (Å²) in [7, 11) is 4.01. The van der Waals surface area contributed by atoms with Gasteiger partial charge in [-0.15, -0.1) is 5.06 Å². The summed E-state index contributed by atoms with van der Waals surface area (Å²) < 4.78 is 0. The van der Waals surface area contributed by atoms with Gasteiger partial charge in [-0.3, -0.25) is 24.2 Å². The SMILES string of the molecule is [13CH3][13CH]1[13CH2]N([13CH3])[13CH](C(=O)NCCCCN[13C](=O)ON2C(=O)CCC2=O)[13CH]([13CH3])[15N]1[13CH3]. The van der Waals surface area contributed by atoms with Gasteiger partial charge in [0.2, 0.25) is 5.91 Å². The minimum absolute atomic E-state index is 0.00665. The number of nitrogens with zero attached hydrogens (tertiary/aromatic N) is 3. The molecule has 2 heterocycles. The van der Waals surface area contributed by atoms with Crippen molar-refractivity contribution in [3.8, 4) is 0 Å². The van der Waals surface area contributed by atoms with Gasteiger partial charge in [-0.05, 0) is 40.8 Å². The lowest BCUT2D eigenvalue weighted by molar-refractivity contribution is -0.171. The molecule has 0 spiro atoms. The van der Waals surface area contributed by atoms with E-state index in [0.717, 1.165) is 6.54 Å². The lowest BCUT2D eigenvalue weighted by atomic mass is 10.3. The van der Waals surface area contributed by atoms with E-state index in [9.17, 15) is 19.2 Å². The molecule has 2 rings (SSSR count). The van der Waals surface area contributed by atoms with Crippen LogP contribution < -0.4 is 10.6 Å². The van der Waals surface area contributed by atoms with Crippen molar-refractivity contribution >= 4 is 23.8 Å². The Morgan fingerprint density at radius 2 is 1.61 bits per heavy atom. The van der Waals surface area contributed by atoms with Gasteiger partial charge in [-0.2, -0.15) is 0 Å². The molecule has 2 N–H and O–H groups in total. The number of hydrogen-bond acceptors (Lipinski definition) is 7. The molecule has 2 fully saturated rings. The van der Waals surface area contributed by atoms with Gasteiger partial charge >= 0.3 is 6.09 Å². The van der Waals surface area contributed by atoms with E-state index in [-0.39, 0.29) is 30.8 Å². The van der Waals surface area contributed by atoms with Crippen LogP contribution in [0.1, 0.15) is 39.5 Å². The highest BCUT2D eigenvalue weighted by Crippen LogP contribution is 2.18. The van der Waals surface area contributed by atoms with E-state index in [2.05, 4.69) is 34.3 Å². The van der Waals surface area contributed by atoms with Crippen LogP contribution in [0.2, 0.25) is 0 Å². The largest absolute Gasteiger partial charge is 0.432 e. The summed E-state index contributed by atoms with van der Waals surface area (Å²) in [6.45, 7) is 5.88. The Morgan fingerprint density at radius 1 is 1.04 bits per heavy atom. The van der Waals surface area contributed by atoms with Gasteiger partial charge in [0.05, 0.1) is 0 Å². The minimum Gasteiger partial charge on any atom is -0.355 e. The number of hydroxylamine groups is 2. The fraction of sp³-hybridized carbons (Fsp3) is 0.778. The van der Waals surface area contributed by atoms with Crippen LogP contribution in [0.3, 0.4) is 0 Å². The lowest BCUT2D eigenvalue weighted by Gasteiger charge is -2.46. The number of hydrogen-bond donors (Lipinski definition) is 2. The Bertz CT molecular complexity index is 597. The molecule has 10 heteroatoms. The van der Waals surface area contributed by atoms with Gasteiger partial charge in [-0.25, -0.2) is 4.79 Å². The zero-order chi connectivity index (χ0) is 20.8. The molecule has 0 aliphatic carbocycles. The molecule has 3 atom stereocenters. The lowest BCUT2D eigenvalue weighted by Crippen LogP contribution is -2.64. The van der Waals surface area contributed by atoms with Crippen LogP contribution in [-0.4, -0.2) is 90.5 Å². The Labute approximate surface area is 165 Å². The molecule has 0 radical (unpaired) electrons. The molecule has 10 nitrogen and oxygen atoms in total. The monoisotopic (exact) mass is 407 g/mol. The topological polar surface area (TPSA) is 111 Å². The van der Waals surface area contributed by atoms with Crippen molar-refractivity contribution in [1.82, 2.24) is 25.5 Å². The van der Waals surface area contributed by atoms with E-state index in [0.29, 0.717) is 37.0 Å². The van der Waals surface area contributed by atoms with Crippen molar-refractivity contribution in [2.45, 2.75) is 57.7 Å². The molecule has 158 valence electrons. The average molecular weight is 407 g/mol. The average Bonchev–Trinajstić information content (AvgIpc) is 2.94. The number of carbonyl (C=O) groups excluding carboxylic acids is 4. The zero-order valence-corrected chi connectivity index (χ0v) is 17.1. The van der Waals surface area contributed by atoms with E-state index in [4.69, 9.17) is 4.84 Å². The van der Waals surface area contributed by atoms with E-state index >= 15 is 0 Å².